The molecule has 2 aromatic rings. The Kier molecular flexibility index (Phi) is 3.60. The first-order valence-corrected chi connectivity index (χ1v) is 5.47. The fourth-order valence-corrected chi connectivity index (χ4v) is 1.48. The summed E-state index contributed by atoms with van der Waals surface area (Å²) in [5, 5.41) is 0. The maximum absolute atomic E-state index is 5.59. The quantitative estimate of drug-likeness (QED) is 0.807. The van der Waals surface area contributed by atoms with Crippen molar-refractivity contribution in [3.05, 3.63) is 53.7 Å². The molecule has 1 aromatic heterocycles. The van der Waals surface area contributed by atoms with Crippen LogP contribution in [-0.4, -0.2) is 12.1 Å². The highest BCUT2D eigenvalue weighted by Gasteiger charge is 1.98. The van der Waals surface area contributed by atoms with Gasteiger partial charge in [-0.2, -0.15) is 0 Å². The van der Waals surface area contributed by atoms with Gasteiger partial charge in [0.25, 0.3) is 0 Å². The van der Waals surface area contributed by atoms with Gasteiger partial charge in [-0.3, -0.25) is 0 Å². The van der Waals surface area contributed by atoms with Gasteiger partial charge in [-0.05, 0) is 30.7 Å². The number of hydrogen-bond donors (Lipinski definition) is 0. The van der Waals surface area contributed by atoms with Gasteiger partial charge < -0.3 is 9.47 Å². The summed E-state index contributed by atoms with van der Waals surface area (Å²) in [4.78, 5) is 4.28. The first-order chi connectivity index (χ1) is 8.28. The van der Waals surface area contributed by atoms with Crippen molar-refractivity contribution in [3.8, 4) is 11.6 Å². The predicted octanol–water partition coefficient (Wildman–Crippen LogP) is 2.98. The Balaban J connectivity index is 1.97. The Hall–Kier alpha value is -2.03. The molecule has 0 N–H and O–H groups in total. The van der Waals surface area contributed by atoms with Gasteiger partial charge >= 0.3 is 0 Å². The summed E-state index contributed by atoms with van der Waals surface area (Å²) in [7, 11) is 1.65. The topological polar surface area (TPSA) is 31.4 Å². The number of hydrogen-bond acceptors (Lipinski definition) is 3. The monoisotopic (exact) mass is 229 g/mol. The molecule has 17 heavy (non-hydrogen) atoms. The zero-order chi connectivity index (χ0) is 12.1. The van der Waals surface area contributed by atoms with Crippen LogP contribution in [-0.2, 0) is 6.61 Å². The van der Waals surface area contributed by atoms with E-state index in [1.165, 1.54) is 0 Å². The van der Waals surface area contributed by atoms with E-state index in [0.29, 0.717) is 12.5 Å². The van der Waals surface area contributed by atoms with Crippen molar-refractivity contribution in [3.63, 3.8) is 0 Å². The molecule has 3 heteroatoms. The van der Waals surface area contributed by atoms with E-state index >= 15 is 0 Å². The van der Waals surface area contributed by atoms with E-state index in [-0.39, 0.29) is 0 Å². The summed E-state index contributed by atoms with van der Waals surface area (Å²) in [6.45, 7) is 2.46. The Morgan fingerprint density at radius 1 is 1.06 bits per heavy atom. The van der Waals surface area contributed by atoms with Crippen molar-refractivity contribution in [1.82, 2.24) is 4.98 Å². The highest BCUT2D eigenvalue weighted by atomic mass is 16.5. The van der Waals surface area contributed by atoms with Crippen molar-refractivity contribution in [2.45, 2.75) is 13.5 Å². The van der Waals surface area contributed by atoms with E-state index in [0.717, 1.165) is 17.0 Å². The molecule has 0 spiro atoms. The molecule has 0 atom stereocenters. The molecule has 0 fully saturated rings. The summed E-state index contributed by atoms with van der Waals surface area (Å²) in [6, 6.07) is 13.5. The summed E-state index contributed by atoms with van der Waals surface area (Å²) < 4.78 is 10.7. The molecule has 0 radical (unpaired) electrons. The van der Waals surface area contributed by atoms with Gasteiger partial charge in [0.15, 0.2) is 0 Å². The molecular formula is C14H15NO2. The Bertz CT molecular complexity index is 480. The van der Waals surface area contributed by atoms with Gasteiger partial charge in [-0.1, -0.05) is 18.2 Å². The molecule has 88 valence electrons. The van der Waals surface area contributed by atoms with Crippen molar-refractivity contribution in [2.24, 2.45) is 0 Å². The second kappa shape index (κ2) is 5.34. The Morgan fingerprint density at radius 3 is 2.47 bits per heavy atom. The lowest BCUT2D eigenvalue weighted by molar-refractivity contribution is 0.293. The summed E-state index contributed by atoms with van der Waals surface area (Å²) >= 11 is 0. The van der Waals surface area contributed by atoms with E-state index in [1.54, 1.807) is 7.11 Å². The van der Waals surface area contributed by atoms with Crippen LogP contribution in [0.4, 0.5) is 0 Å². The third kappa shape index (κ3) is 3.21. The summed E-state index contributed by atoms with van der Waals surface area (Å²) in [5.74, 6) is 1.50. The lowest BCUT2D eigenvalue weighted by Crippen LogP contribution is -1.97. The van der Waals surface area contributed by atoms with Crippen molar-refractivity contribution >= 4 is 0 Å². The fourth-order valence-electron chi connectivity index (χ4n) is 1.48. The number of benzene rings is 1. The number of rotatable bonds is 4. The van der Waals surface area contributed by atoms with Crippen LogP contribution in [0.5, 0.6) is 11.6 Å². The van der Waals surface area contributed by atoms with Crippen molar-refractivity contribution in [1.29, 1.82) is 0 Å². The maximum Gasteiger partial charge on any atom is 0.213 e. The third-order valence-electron chi connectivity index (χ3n) is 2.41. The average molecular weight is 229 g/mol. The van der Waals surface area contributed by atoms with Gasteiger partial charge in [0.05, 0.1) is 7.11 Å². The number of aromatic nitrogens is 1. The Morgan fingerprint density at radius 2 is 1.82 bits per heavy atom. The second-order valence-corrected chi connectivity index (χ2v) is 3.75. The minimum atomic E-state index is 0.514. The van der Waals surface area contributed by atoms with E-state index in [9.17, 15) is 0 Å². The fraction of sp³-hybridized carbons (Fsp3) is 0.214. The second-order valence-electron chi connectivity index (χ2n) is 3.75. The predicted molar refractivity (Wildman–Crippen MR) is 66.3 cm³/mol. The minimum Gasteiger partial charge on any atom is -0.497 e. The molecule has 0 aliphatic carbocycles. The Labute approximate surface area is 101 Å². The smallest absolute Gasteiger partial charge is 0.213 e. The van der Waals surface area contributed by atoms with Crippen LogP contribution in [0.15, 0.2) is 42.5 Å². The summed E-state index contributed by atoms with van der Waals surface area (Å²) in [5.41, 5.74) is 2.05. The molecule has 0 bridgehead atoms. The van der Waals surface area contributed by atoms with E-state index in [1.807, 2.05) is 49.4 Å². The van der Waals surface area contributed by atoms with Crippen molar-refractivity contribution in [2.75, 3.05) is 7.11 Å². The van der Waals surface area contributed by atoms with Gasteiger partial charge in [0, 0.05) is 11.8 Å². The highest BCUT2D eigenvalue weighted by molar-refractivity contribution is 5.27. The standard InChI is InChI=1S/C14H15NO2/c1-11-4-3-5-14(15-11)17-10-12-6-8-13(16-2)9-7-12/h3-9H,10H2,1-2H3. The number of ether oxygens (including phenoxy) is 2. The van der Waals surface area contributed by atoms with Gasteiger partial charge in [-0.15, -0.1) is 0 Å². The zero-order valence-corrected chi connectivity index (χ0v) is 10.0. The van der Waals surface area contributed by atoms with Gasteiger partial charge in [0.1, 0.15) is 12.4 Å². The molecule has 0 saturated heterocycles. The molecule has 0 aliphatic heterocycles. The van der Waals surface area contributed by atoms with Crippen LogP contribution in [0.3, 0.4) is 0 Å². The van der Waals surface area contributed by atoms with Crippen LogP contribution in [0.2, 0.25) is 0 Å². The molecule has 1 aromatic carbocycles. The minimum absolute atomic E-state index is 0.514. The van der Waals surface area contributed by atoms with Crippen molar-refractivity contribution < 1.29 is 9.47 Å². The lowest BCUT2D eigenvalue weighted by atomic mass is 10.2. The van der Waals surface area contributed by atoms with Crippen LogP contribution in [0.1, 0.15) is 11.3 Å². The SMILES string of the molecule is COc1ccc(COc2cccc(C)n2)cc1. The van der Waals surface area contributed by atoms with E-state index < -0.39 is 0 Å². The van der Waals surface area contributed by atoms with Crippen LogP contribution in [0, 0.1) is 6.92 Å². The molecule has 0 saturated carbocycles. The molecule has 2 rings (SSSR count). The first-order valence-electron chi connectivity index (χ1n) is 5.47. The van der Waals surface area contributed by atoms with Crippen LogP contribution in [0.25, 0.3) is 0 Å². The zero-order valence-electron chi connectivity index (χ0n) is 10.0. The maximum atomic E-state index is 5.59. The number of nitrogens with zero attached hydrogens (tertiary/aromatic N) is 1. The molecule has 1 heterocycles. The van der Waals surface area contributed by atoms with E-state index in [2.05, 4.69) is 4.98 Å². The highest BCUT2D eigenvalue weighted by Crippen LogP contribution is 2.14. The number of aryl methyl sites for hydroxylation is 1. The van der Waals surface area contributed by atoms with Crippen LogP contribution < -0.4 is 9.47 Å². The lowest BCUT2D eigenvalue weighted by Gasteiger charge is -2.06. The largest absolute Gasteiger partial charge is 0.497 e. The molecule has 3 nitrogen and oxygen atoms in total. The number of pyridine rings is 1. The van der Waals surface area contributed by atoms with E-state index in [4.69, 9.17) is 9.47 Å². The first kappa shape index (κ1) is 11.5. The summed E-state index contributed by atoms with van der Waals surface area (Å²) in [6.07, 6.45) is 0. The molecule has 0 aliphatic rings. The molecular weight excluding hydrogens is 214 g/mol. The third-order valence-corrected chi connectivity index (χ3v) is 2.41. The van der Waals surface area contributed by atoms with Crippen LogP contribution >= 0.6 is 0 Å². The molecule has 0 unspecified atom stereocenters. The normalized spacial score (nSPS) is 10.0. The number of methoxy groups -OCH3 is 1. The molecule has 0 amide bonds. The van der Waals surface area contributed by atoms with Gasteiger partial charge in [-0.25, -0.2) is 4.98 Å². The van der Waals surface area contributed by atoms with Gasteiger partial charge in [0.2, 0.25) is 5.88 Å². The average Bonchev–Trinajstić information content (AvgIpc) is 2.37.